The Morgan fingerprint density at radius 2 is 1.88 bits per heavy atom. The molecule has 1 aromatic carbocycles. The Kier molecular flexibility index (Phi) is 8.02. The Balaban J connectivity index is 0.000000325. The van der Waals surface area contributed by atoms with E-state index in [0.29, 0.717) is 12.2 Å². The summed E-state index contributed by atoms with van der Waals surface area (Å²) in [5.74, 6) is -0.650. The third-order valence-electron chi connectivity index (χ3n) is 1.65. The van der Waals surface area contributed by atoms with Crippen LogP contribution in [0.4, 0.5) is 0 Å². The molecule has 0 atom stereocenters. The third-order valence-corrected chi connectivity index (χ3v) is 1.65. The molecule has 4 nitrogen and oxygen atoms in total. The van der Waals surface area contributed by atoms with Crippen LogP contribution in [0.15, 0.2) is 43.0 Å². The van der Waals surface area contributed by atoms with Gasteiger partial charge in [0.25, 0.3) is 0 Å². The smallest absolute Gasteiger partial charge is 0.337 e. The van der Waals surface area contributed by atoms with Gasteiger partial charge in [-0.2, -0.15) is 0 Å². The number of carbonyl (C=O) groups is 2. The zero-order chi connectivity index (χ0) is 13.1. The number of benzene rings is 1. The second kappa shape index (κ2) is 9.15. The number of hydrogen-bond acceptors (Lipinski definition) is 4. The van der Waals surface area contributed by atoms with Crippen molar-refractivity contribution in [2.45, 2.75) is 6.92 Å². The van der Waals surface area contributed by atoms with Gasteiger partial charge >= 0.3 is 11.9 Å². The number of hydrogen-bond donors (Lipinski definition) is 0. The first-order chi connectivity index (χ1) is 8.15. The Morgan fingerprint density at radius 3 is 2.24 bits per heavy atom. The highest BCUT2D eigenvalue weighted by Crippen LogP contribution is 1.98. The second-order valence-electron chi connectivity index (χ2n) is 2.81. The summed E-state index contributed by atoms with van der Waals surface area (Å²) in [6.07, 6.45) is 1.14. The molecule has 0 bridgehead atoms. The average molecular weight is 236 g/mol. The van der Waals surface area contributed by atoms with Crippen LogP contribution >= 0.6 is 0 Å². The summed E-state index contributed by atoms with van der Waals surface area (Å²) < 4.78 is 8.93. The van der Waals surface area contributed by atoms with E-state index in [2.05, 4.69) is 16.1 Å². The van der Waals surface area contributed by atoms with Crippen LogP contribution in [0.25, 0.3) is 0 Å². The molecule has 0 aliphatic carbocycles. The maximum absolute atomic E-state index is 10.8. The number of esters is 2. The molecule has 92 valence electrons. The van der Waals surface area contributed by atoms with Crippen LogP contribution < -0.4 is 0 Å². The van der Waals surface area contributed by atoms with Gasteiger partial charge in [0.1, 0.15) is 0 Å². The SMILES string of the molecule is C=CC(=O)OCC.COC(=O)c1ccccc1. The van der Waals surface area contributed by atoms with Crippen molar-refractivity contribution in [1.29, 1.82) is 0 Å². The highest BCUT2D eigenvalue weighted by atomic mass is 16.5. The van der Waals surface area contributed by atoms with Crippen molar-refractivity contribution in [2.75, 3.05) is 13.7 Å². The molecule has 4 heteroatoms. The Bertz CT molecular complexity index is 357. The van der Waals surface area contributed by atoms with Gasteiger partial charge < -0.3 is 9.47 Å². The lowest BCUT2D eigenvalue weighted by molar-refractivity contribution is -0.137. The van der Waals surface area contributed by atoms with E-state index >= 15 is 0 Å². The van der Waals surface area contributed by atoms with Crippen molar-refractivity contribution in [3.05, 3.63) is 48.6 Å². The van der Waals surface area contributed by atoms with E-state index in [0.717, 1.165) is 6.08 Å². The molecule has 1 rings (SSSR count). The van der Waals surface area contributed by atoms with Crippen LogP contribution in [-0.2, 0) is 14.3 Å². The van der Waals surface area contributed by atoms with E-state index in [-0.39, 0.29) is 11.9 Å². The molecule has 0 heterocycles. The minimum atomic E-state index is -0.359. The van der Waals surface area contributed by atoms with Crippen molar-refractivity contribution >= 4 is 11.9 Å². The van der Waals surface area contributed by atoms with Crippen molar-refractivity contribution < 1.29 is 19.1 Å². The van der Waals surface area contributed by atoms with Crippen LogP contribution in [0.3, 0.4) is 0 Å². The first kappa shape index (κ1) is 14.9. The quantitative estimate of drug-likeness (QED) is 0.596. The zero-order valence-electron chi connectivity index (χ0n) is 10.0. The topological polar surface area (TPSA) is 52.6 Å². The monoisotopic (exact) mass is 236 g/mol. The lowest BCUT2D eigenvalue weighted by atomic mass is 10.2. The van der Waals surface area contributed by atoms with Gasteiger partial charge in [-0.25, -0.2) is 9.59 Å². The van der Waals surface area contributed by atoms with Gasteiger partial charge in [-0.15, -0.1) is 0 Å². The Labute approximate surface area is 101 Å². The van der Waals surface area contributed by atoms with E-state index in [1.165, 1.54) is 7.11 Å². The lowest BCUT2D eigenvalue weighted by Crippen LogP contribution is -1.99. The molecule has 0 radical (unpaired) electrons. The number of ether oxygens (including phenoxy) is 2. The normalized spacial score (nSPS) is 8.35. The first-order valence-electron chi connectivity index (χ1n) is 5.08. The molecule has 17 heavy (non-hydrogen) atoms. The van der Waals surface area contributed by atoms with Crippen LogP contribution in [0, 0.1) is 0 Å². The molecule has 0 spiro atoms. The van der Waals surface area contributed by atoms with Gasteiger partial charge in [0, 0.05) is 6.08 Å². The van der Waals surface area contributed by atoms with Gasteiger partial charge in [0.2, 0.25) is 0 Å². The van der Waals surface area contributed by atoms with E-state index in [1.807, 2.05) is 6.07 Å². The highest BCUT2D eigenvalue weighted by molar-refractivity contribution is 5.89. The fourth-order valence-corrected chi connectivity index (χ4v) is 0.893. The highest BCUT2D eigenvalue weighted by Gasteiger charge is 2.00. The largest absolute Gasteiger partial charge is 0.465 e. The fraction of sp³-hybridized carbons (Fsp3) is 0.231. The second-order valence-corrected chi connectivity index (χ2v) is 2.81. The minimum absolute atomic E-state index is 0.291. The van der Waals surface area contributed by atoms with Gasteiger partial charge in [-0.05, 0) is 19.1 Å². The zero-order valence-corrected chi connectivity index (χ0v) is 10.0. The van der Waals surface area contributed by atoms with Crippen LogP contribution in [-0.4, -0.2) is 25.7 Å². The summed E-state index contributed by atoms with van der Waals surface area (Å²) in [7, 11) is 1.37. The van der Waals surface area contributed by atoms with Crippen LogP contribution in [0.1, 0.15) is 17.3 Å². The molecule has 0 N–H and O–H groups in total. The molecule has 0 saturated carbocycles. The molecule has 0 aliphatic rings. The average Bonchev–Trinajstić information content (AvgIpc) is 2.39. The van der Waals surface area contributed by atoms with Gasteiger partial charge in [-0.3, -0.25) is 0 Å². The molecule has 0 aromatic heterocycles. The van der Waals surface area contributed by atoms with E-state index in [4.69, 9.17) is 0 Å². The molecular formula is C13H16O4. The lowest BCUT2D eigenvalue weighted by Gasteiger charge is -1.95. The minimum Gasteiger partial charge on any atom is -0.465 e. The molecule has 0 fully saturated rings. The van der Waals surface area contributed by atoms with E-state index in [1.54, 1.807) is 31.2 Å². The summed E-state index contributed by atoms with van der Waals surface area (Å²) >= 11 is 0. The molecular weight excluding hydrogens is 220 g/mol. The third kappa shape index (κ3) is 6.89. The van der Waals surface area contributed by atoms with Crippen molar-refractivity contribution in [3.63, 3.8) is 0 Å². The summed E-state index contributed by atoms with van der Waals surface area (Å²) in [5.41, 5.74) is 0.588. The summed E-state index contributed by atoms with van der Waals surface area (Å²) in [4.78, 5) is 20.9. The van der Waals surface area contributed by atoms with Gasteiger partial charge in [0.05, 0.1) is 19.3 Å². The first-order valence-corrected chi connectivity index (χ1v) is 5.08. The maximum atomic E-state index is 10.8. The van der Waals surface area contributed by atoms with Crippen molar-refractivity contribution in [3.8, 4) is 0 Å². The van der Waals surface area contributed by atoms with E-state index in [9.17, 15) is 9.59 Å². The van der Waals surface area contributed by atoms with Crippen molar-refractivity contribution in [1.82, 2.24) is 0 Å². The molecule has 0 amide bonds. The Morgan fingerprint density at radius 1 is 1.29 bits per heavy atom. The predicted molar refractivity (Wildman–Crippen MR) is 64.6 cm³/mol. The van der Waals surface area contributed by atoms with Gasteiger partial charge in [-0.1, -0.05) is 24.8 Å². The number of rotatable bonds is 3. The maximum Gasteiger partial charge on any atom is 0.337 e. The predicted octanol–water partition coefficient (Wildman–Crippen LogP) is 2.21. The molecule has 0 unspecified atom stereocenters. The summed E-state index contributed by atoms with van der Waals surface area (Å²) in [6, 6.07) is 8.88. The standard InChI is InChI=1S/C8H8O2.C5H8O2/c1-10-8(9)7-5-3-2-4-6-7;1-3-5(6)7-4-2/h2-6H,1H3;3H,1,4H2,2H3. The number of carbonyl (C=O) groups excluding carboxylic acids is 2. The van der Waals surface area contributed by atoms with E-state index < -0.39 is 0 Å². The molecule has 1 aromatic rings. The summed E-state index contributed by atoms with van der Waals surface area (Å²) in [5, 5.41) is 0. The fourth-order valence-electron chi connectivity index (χ4n) is 0.893. The van der Waals surface area contributed by atoms with Crippen LogP contribution in [0.2, 0.25) is 0 Å². The number of methoxy groups -OCH3 is 1. The van der Waals surface area contributed by atoms with Gasteiger partial charge in [0.15, 0.2) is 0 Å². The molecule has 0 aliphatic heterocycles. The van der Waals surface area contributed by atoms with Crippen LogP contribution in [0.5, 0.6) is 0 Å². The van der Waals surface area contributed by atoms with Crippen molar-refractivity contribution in [2.24, 2.45) is 0 Å². The summed E-state index contributed by atoms with van der Waals surface area (Å²) in [6.45, 7) is 5.38. The Hall–Kier alpha value is -2.10. The molecule has 0 saturated heterocycles.